The molecule has 1 unspecified atom stereocenters. The van der Waals surface area contributed by atoms with Gasteiger partial charge in [-0.3, -0.25) is 34.8 Å². The number of guanidine groups is 2. The molecule has 0 bridgehead atoms. The van der Waals surface area contributed by atoms with Gasteiger partial charge in [0.2, 0.25) is 29.5 Å². The van der Waals surface area contributed by atoms with Gasteiger partial charge in [0.15, 0.2) is 11.9 Å². The first-order valence-electron chi connectivity index (χ1n) is 18.6. The van der Waals surface area contributed by atoms with Crippen molar-refractivity contribution in [2.24, 2.45) is 23.3 Å². The Hall–Kier alpha value is -4.64. The van der Waals surface area contributed by atoms with Crippen molar-refractivity contribution in [3.63, 3.8) is 0 Å². The summed E-state index contributed by atoms with van der Waals surface area (Å²) < 4.78 is 0. The largest absolute Gasteiger partial charge is 0.480 e. The summed E-state index contributed by atoms with van der Waals surface area (Å²) in [6.07, 6.45) is 11.1. The van der Waals surface area contributed by atoms with Crippen LogP contribution in [0, 0.1) is 22.7 Å². The van der Waals surface area contributed by atoms with E-state index in [9.17, 15) is 33.9 Å². The van der Waals surface area contributed by atoms with Gasteiger partial charge in [0.25, 0.3) is 0 Å². The van der Waals surface area contributed by atoms with Gasteiger partial charge in [-0.15, -0.1) is 0 Å². The van der Waals surface area contributed by atoms with Gasteiger partial charge in [-0.1, -0.05) is 64.2 Å². The minimum absolute atomic E-state index is 0.0588. The molecule has 4 atom stereocenters. The van der Waals surface area contributed by atoms with Crippen molar-refractivity contribution in [3.05, 3.63) is 0 Å². The Labute approximate surface area is 305 Å². The van der Waals surface area contributed by atoms with Crippen LogP contribution in [0.2, 0.25) is 0 Å². The number of carboxylic acid groups (broad SMARTS) is 1. The Bertz CT molecular complexity index is 1220. The highest BCUT2D eigenvalue weighted by Crippen LogP contribution is 2.28. The van der Waals surface area contributed by atoms with Crippen LogP contribution in [0.4, 0.5) is 0 Å². The number of carbonyl (C=O) groups excluding carboxylic acids is 5. The summed E-state index contributed by atoms with van der Waals surface area (Å²) in [4.78, 5) is 77.7. The summed E-state index contributed by atoms with van der Waals surface area (Å²) in [6.45, 7) is 1.44. The Kier molecular flexibility index (Phi) is 19.9. The molecule has 0 aromatic heterocycles. The smallest absolute Gasteiger partial charge is 0.326 e. The first-order chi connectivity index (χ1) is 24.7. The predicted octanol–water partition coefficient (Wildman–Crippen LogP) is -0.386. The van der Waals surface area contributed by atoms with Crippen LogP contribution < -0.4 is 48.7 Å². The normalized spacial score (nSPS) is 17.2. The zero-order chi connectivity index (χ0) is 38.5. The van der Waals surface area contributed by atoms with Crippen molar-refractivity contribution in [2.75, 3.05) is 19.6 Å². The minimum atomic E-state index is -1.25. The van der Waals surface area contributed by atoms with Crippen LogP contribution in [-0.4, -0.2) is 96.3 Å². The lowest BCUT2D eigenvalue weighted by atomic mass is 9.84. The van der Waals surface area contributed by atoms with Crippen LogP contribution >= 0.6 is 0 Å². The predicted molar refractivity (Wildman–Crippen MR) is 195 cm³/mol. The molecule has 2 fully saturated rings. The Morgan fingerprint density at radius 3 is 1.46 bits per heavy atom. The lowest BCUT2D eigenvalue weighted by Gasteiger charge is -2.30. The molecule has 2 aliphatic carbocycles. The second kappa shape index (κ2) is 23.8. The summed E-state index contributed by atoms with van der Waals surface area (Å²) in [6, 6.07) is -4.46. The van der Waals surface area contributed by atoms with Crippen molar-refractivity contribution < 1.29 is 33.9 Å². The van der Waals surface area contributed by atoms with Crippen LogP contribution in [0.3, 0.4) is 0 Å². The first-order valence-corrected chi connectivity index (χ1v) is 18.6. The highest BCUT2D eigenvalue weighted by Gasteiger charge is 2.33. The average Bonchev–Trinajstić information content (AvgIpc) is 3.09. The van der Waals surface area contributed by atoms with Crippen molar-refractivity contribution in [1.29, 1.82) is 10.8 Å². The SMILES string of the molecule is CC(=O)NCC(=O)N[C@H](CC1CCCCC1)C(=O)N[C@@H](CCCNC(=N)N)C(=O)N[C@H](CC1CCCCC1)C(=O)NC(CCCNC(=N)N)C(=O)O. The molecule has 52 heavy (non-hydrogen) atoms. The highest BCUT2D eigenvalue weighted by molar-refractivity contribution is 5.95. The molecule has 18 nitrogen and oxygen atoms in total. The molecule has 2 aliphatic rings. The van der Waals surface area contributed by atoms with Crippen molar-refractivity contribution in [3.8, 4) is 0 Å². The summed E-state index contributed by atoms with van der Waals surface area (Å²) in [7, 11) is 0. The molecule has 0 radical (unpaired) electrons. The molecule has 294 valence electrons. The van der Waals surface area contributed by atoms with Crippen molar-refractivity contribution >= 4 is 47.4 Å². The Morgan fingerprint density at radius 1 is 0.615 bits per heavy atom. The van der Waals surface area contributed by atoms with Gasteiger partial charge in [-0.2, -0.15) is 0 Å². The second-order valence-corrected chi connectivity index (χ2v) is 14.0. The summed E-state index contributed by atoms with van der Waals surface area (Å²) in [5.41, 5.74) is 10.7. The number of aliphatic carboxylic acids is 1. The quantitative estimate of drug-likeness (QED) is 0.0386. The van der Waals surface area contributed by atoms with E-state index in [0.29, 0.717) is 19.3 Å². The maximum absolute atomic E-state index is 14.0. The maximum Gasteiger partial charge on any atom is 0.326 e. The van der Waals surface area contributed by atoms with E-state index < -0.39 is 59.7 Å². The molecule has 0 aromatic rings. The molecule has 2 rings (SSSR count). The lowest BCUT2D eigenvalue weighted by Crippen LogP contribution is -2.58. The number of nitrogens with two attached hydrogens (primary N) is 2. The molecule has 0 aromatic carbocycles. The fraction of sp³-hybridized carbons (Fsp3) is 0.765. The van der Waals surface area contributed by atoms with Gasteiger partial charge in [0, 0.05) is 20.0 Å². The van der Waals surface area contributed by atoms with E-state index in [1.165, 1.54) is 6.92 Å². The van der Waals surface area contributed by atoms with E-state index in [2.05, 4.69) is 37.2 Å². The number of nitrogens with one attached hydrogen (secondary N) is 9. The van der Waals surface area contributed by atoms with Crippen LogP contribution in [0.1, 0.15) is 110 Å². The highest BCUT2D eigenvalue weighted by atomic mass is 16.4. The lowest BCUT2D eigenvalue weighted by molar-refractivity contribution is -0.142. The van der Waals surface area contributed by atoms with Crippen LogP contribution in [0.5, 0.6) is 0 Å². The van der Waals surface area contributed by atoms with Gasteiger partial charge in [-0.05, 0) is 50.4 Å². The van der Waals surface area contributed by atoms with Gasteiger partial charge >= 0.3 is 5.97 Å². The van der Waals surface area contributed by atoms with Crippen molar-refractivity contribution in [1.82, 2.24) is 37.2 Å². The number of carboxylic acids is 1. The Balaban J connectivity index is 2.28. The first kappa shape index (κ1) is 43.5. The maximum atomic E-state index is 14.0. The van der Waals surface area contributed by atoms with Crippen LogP contribution in [0.15, 0.2) is 0 Å². The summed E-state index contributed by atoms with van der Waals surface area (Å²) in [5.74, 6) is -4.28. The third-order valence-electron chi connectivity index (χ3n) is 9.59. The molecule has 5 amide bonds. The van der Waals surface area contributed by atoms with Gasteiger partial charge in [-0.25, -0.2) is 4.79 Å². The fourth-order valence-electron chi connectivity index (χ4n) is 6.83. The number of carbonyl (C=O) groups is 6. The minimum Gasteiger partial charge on any atom is -0.480 e. The fourth-order valence-corrected chi connectivity index (χ4v) is 6.83. The monoisotopic (exact) mass is 735 g/mol. The Morgan fingerprint density at radius 2 is 1.02 bits per heavy atom. The van der Waals surface area contributed by atoms with Gasteiger partial charge in [0.05, 0.1) is 6.54 Å². The van der Waals surface area contributed by atoms with E-state index in [0.717, 1.165) is 64.2 Å². The molecule has 0 saturated heterocycles. The molecule has 18 heteroatoms. The number of amides is 5. The standard InChI is InChI=1S/C34H61N11O7/c1-21(46)41-20-28(47)42-26(18-22-10-4-2-5-11-22)30(49)43-24(14-8-16-39-33(35)36)29(48)45-27(19-23-12-6-3-7-13-23)31(50)44-25(32(51)52)15-9-17-40-34(37)38/h22-27H,2-20H2,1H3,(H,41,46)(H,42,47)(H,43,49)(H,44,50)(H,45,48)(H,51,52)(H4,35,36,39)(H4,37,38,40)/t24-,25?,26+,27+/m0/s1. The third-order valence-corrected chi connectivity index (χ3v) is 9.59. The second-order valence-electron chi connectivity index (χ2n) is 14.0. The topological polar surface area (TPSA) is 307 Å². The third kappa shape index (κ3) is 18.0. The number of rotatable bonds is 22. The van der Waals surface area contributed by atoms with Crippen LogP contribution in [-0.2, 0) is 28.8 Å². The number of hydrogen-bond donors (Lipinski definition) is 12. The molecular formula is C34H61N11O7. The van der Waals surface area contributed by atoms with E-state index in [1.807, 2.05) is 0 Å². The van der Waals surface area contributed by atoms with Crippen molar-refractivity contribution in [2.45, 2.75) is 134 Å². The van der Waals surface area contributed by atoms with Gasteiger partial charge in [0.1, 0.15) is 24.2 Å². The summed E-state index contributed by atoms with van der Waals surface area (Å²) >= 11 is 0. The number of hydrogen-bond acceptors (Lipinski definition) is 8. The zero-order valence-electron chi connectivity index (χ0n) is 30.5. The van der Waals surface area contributed by atoms with Gasteiger partial charge < -0.3 is 53.8 Å². The van der Waals surface area contributed by atoms with Crippen LogP contribution in [0.25, 0.3) is 0 Å². The zero-order valence-corrected chi connectivity index (χ0v) is 30.5. The molecule has 0 spiro atoms. The molecule has 14 N–H and O–H groups in total. The summed E-state index contributed by atoms with van der Waals surface area (Å²) in [5, 5.41) is 43.2. The van der Waals surface area contributed by atoms with E-state index in [-0.39, 0.29) is 62.7 Å². The van der Waals surface area contributed by atoms with E-state index in [1.54, 1.807) is 0 Å². The molecule has 0 heterocycles. The van der Waals surface area contributed by atoms with E-state index >= 15 is 0 Å². The average molecular weight is 736 g/mol. The molecule has 2 saturated carbocycles. The molecule has 0 aliphatic heterocycles. The van der Waals surface area contributed by atoms with E-state index in [4.69, 9.17) is 22.3 Å². The molecular weight excluding hydrogens is 674 g/mol.